The number of para-hydroxylation sites is 1. The quantitative estimate of drug-likeness (QED) is 0.666. The SMILES string of the molecule is CN1C(=O)/C(=C/c2ccccc2O)SC1=Nc1cccnc1Cl. The fourth-order valence-electron chi connectivity index (χ4n) is 1.97. The number of aromatic hydroxyl groups is 1. The second-order valence-electron chi connectivity index (χ2n) is 4.74. The van der Waals surface area contributed by atoms with Crippen LogP contribution in [0.3, 0.4) is 0 Å². The highest BCUT2D eigenvalue weighted by atomic mass is 35.5. The predicted octanol–water partition coefficient (Wildman–Crippen LogP) is 3.67. The first-order valence-corrected chi connectivity index (χ1v) is 7.90. The van der Waals surface area contributed by atoms with Crippen LogP contribution < -0.4 is 0 Å². The van der Waals surface area contributed by atoms with Crippen LogP contribution in [-0.2, 0) is 4.79 Å². The standard InChI is InChI=1S/C16H12ClN3O2S/c1-20-15(22)13(9-10-5-2-3-7-12(10)21)23-16(20)19-11-6-4-8-18-14(11)17/h2-9,21H,1H3/b13-9-,19-16?. The average molecular weight is 346 g/mol. The van der Waals surface area contributed by atoms with Crippen LogP contribution in [0.15, 0.2) is 52.5 Å². The first-order chi connectivity index (χ1) is 11.1. The van der Waals surface area contributed by atoms with Gasteiger partial charge >= 0.3 is 0 Å². The lowest BCUT2D eigenvalue weighted by Crippen LogP contribution is -2.23. The monoisotopic (exact) mass is 345 g/mol. The summed E-state index contributed by atoms with van der Waals surface area (Å²) in [4.78, 5) is 22.6. The normalized spacial score (nSPS) is 18.2. The van der Waals surface area contributed by atoms with Gasteiger partial charge in [-0.05, 0) is 36.0 Å². The Morgan fingerprint density at radius 1 is 1.30 bits per heavy atom. The summed E-state index contributed by atoms with van der Waals surface area (Å²) in [7, 11) is 1.64. The molecule has 0 aliphatic carbocycles. The van der Waals surface area contributed by atoms with E-state index in [-0.39, 0.29) is 16.8 Å². The molecule has 0 atom stereocenters. The Bertz CT molecular complexity index is 836. The third-order valence-corrected chi connectivity index (χ3v) is 4.53. The topological polar surface area (TPSA) is 65.8 Å². The summed E-state index contributed by atoms with van der Waals surface area (Å²) >= 11 is 7.22. The van der Waals surface area contributed by atoms with E-state index >= 15 is 0 Å². The number of likely N-dealkylation sites (N-methyl/N-ethyl adjacent to an activating group) is 1. The fraction of sp³-hybridized carbons (Fsp3) is 0.0625. The third kappa shape index (κ3) is 3.23. The molecular weight excluding hydrogens is 334 g/mol. The Hall–Kier alpha value is -2.31. The highest BCUT2D eigenvalue weighted by molar-refractivity contribution is 8.18. The van der Waals surface area contributed by atoms with Crippen LogP contribution in [0.25, 0.3) is 6.08 Å². The van der Waals surface area contributed by atoms with E-state index in [2.05, 4.69) is 9.98 Å². The van der Waals surface area contributed by atoms with E-state index < -0.39 is 0 Å². The van der Waals surface area contributed by atoms with Crippen molar-refractivity contribution < 1.29 is 9.90 Å². The number of rotatable bonds is 2. The van der Waals surface area contributed by atoms with E-state index in [1.54, 1.807) is 55.7 Å². The van der Waals surface area contributed by atoms with Crippen molar-refractivity contribution in [2.75, 3.05) is 7.05 Å². The number of carbonyl (C=O) groups is 1. The van der Waals surface area contributed by atoms with Gasteiger partial charge in [0.1, 0.15) is 11.4 Å². The number of phenolic OH excluding ortho intramolecular Hbond substituents is 1. The van der Waals surface area contributed by atoms with E-state index in [4.69, 9.17) is 11.6 Å². The Balaban J connectivity index is 1.95. The van der Waals surface area contributed by atoms with Crippen molar-refractivity contribution in [1.82, 2.24) is 9.88 Å². The molecule has 2 aromatic rings. The number of amides is 1. The number of hydrogen-bond acceptors (Lipinski definition) is 5. The number of hydrogen-bond donors (Lipinski definition) is 1. The smallest absolute Gasteiger partial charge is 0.266 e. The van der Waals surface area contributed by atoms with Crippen LogP contribution >= 0.6 is 23.4 Å². The van der Waals surface area contributed by atoms with Crippen molar-refractivity contribution >= 4 is 46.2 Å². The molecule has 1 aliphatic heterocycles. The van der Waals surface area contributed by atoms with Gasteiger partial charge in [-0.15, -0.1) is 0 Å². The molecule has 2 heterocycles. The first-order valence-electron chi connectivity index (χ1n) is 6.71. The maximum absolute atomic E-state index is 12.3. The molecule has 0 bridgehead atoms. The van der Waals surface area contributed by atoms with Crippen LogP contribution in [0.4, 0.5) is 5.69 Å². The van der Waals surface area contributed by atoms with Crippen molar-refractivity contribution in [3.63, 3.8) is 0 Å². The summed E-state index contributed by atoms with van der Waals surface area (Å²) in [6, 6.07) is 10.3. The number of aromatic nitrogens is 1. The van der Waals surface area contributed by atoms with E-state index in [0.29, 0.717) is 21.3 Å². The summed E-state index contributed by atoms with van der Waals surface area (Å²) in [5.74, 6) is -0.0613. The molecule has 1 amide bonds. The van der Waals surface area contributed by atoms with Crippen molar-refractivity contribution in [2.24, 2.45) is 4.99 Å². The van der Waals surface area contributed by atoms with Gasteiger partial charge in [0.15, 0.2) is 10.3 Å². The fourth-order valence-corrected chi connectivity index (χ4v) is 3.10. The van der Waals surface area contributed by atoms with Gasteiger partial charge in [-0.3, -0.25) is 9.69 Å². The van der Waals surface area contributed by atoms with E-state index in [1.807, 2.05) is 0 Å². The highest BCUT2D eigenvalue weighted by Crippen LogP contribution is 2.35. The lowest BCUT2D eigenvalue weighted by Gasteiger charge is -2.07. The average Bonchev–Trinajstić information content (AvgIpc) is 2.80. The molecule has 0 unspecified atom stereocenters. The van der Waals surface area contributed by atoms with E-state index in [9.17, 15) is 9.90 Å². The van der Waals surface area contributed by atoms with Gasteiger partial charge in [0.05, 0.1) is 4.91 Å². The largest absolute Gasteiger partial charge is 0.507 e. The molecule has 3 rings (SSSR count). The number of pyridine rings is 1. The molecule has 0 spiro atoms. The molecule has 1 fully saturated rings. The lowest BCUT2D eigenvalue weighted by atomic mass is 10.2. The van der Waals surface area contributed by atoms with Crippen molar-refractivity contribution in [2.45, 2.75) is 0 Å². The Labute approximate surface area is 142 Å². The molecule has 1 saturated heterocycles. The Kier molecular flexibility index (Phi) is 4.36. The van der Waals surface area contributed by atoms with Crippen LogP contribution in [0.5, 0.6) is 5.75 Å². The molecular formula is C16H12ClN3O2S. The Morgan fingerprint density at radius 2 is 2.09 bits per heavy atom. The third-order valence-electron chi connectivity index (χ3n) is 3.18. The summed E-state index contributed by atoms with van der Waals surface area (Å²) in [5, 5.41) is 10.6. The van der Waals surface area contributed by atoms with Gasteiger partial charge in [-0.2, -0.15) is 0 Å². The second-order valence-corrected chi connectivity index (χ2v) is 6.11. The minimum absolute atomic E-state index is 0.122. The summed E-state index contributed by atoms with van der Waals surface area (Å²) < 4.78 is 0. The maximum Gasteiger partial charge on any atom is 0.266 e. The van der Waals surface area contributed by atoms with Crippen LogP contribution in [0.2, 0.25) is 5.15 Å². The summed E-state index contributed by atoms with van der Waals surface area (Å²) in [6.07, 6.45) is 3.22. The number of thioether (sulfide) groups is 1. The molecule has 1 aliphatic rings. The number of benzene rings is 1. The lowest BCUT2D eigenvalue weighted by molar-refractivity contribution is -0.121. The number of carbonyl (C=O) groups excluding carboxylic acids is 1. The summed E-state index contributed by atoms with van der Waals surface area (Å²) in [6.45, 7) is 0. The summed E-state index contributed by atoms with van der Waals surface area (Å²) in [5.41, 5.74) is 1.08. The van der Waals surface area contributed by atoms with Gasteiger partial charge in [-0.1, -0.05) is 29.8 Å². The van der Waals surface area contributed by atoms with Crippen molar-refractivity contribution in [3.8, 4) is 5.75 Å². The highest BCUT2D eigenvalue weighted by Gasteiger charge is 2.30. The van der Waals surface area contributed by atoms with Crippen LogP contribution in [-0.4, -0.2) is 33.1 Å². The zero-order valence-electron chi connectivity index (χ0n) is 12.1. The zero-order valence-corrected chi connectivity index (χ0v) is 13.7. The molecule has 1 aromatic carbocycles. The van der Waals surface area contributed by atoms with Gasteiger partial charge in [0, 0.05) is 18.8 Å². The molecule has 23 heavy (non-hydrogen) atoms. The molecule has 5 nitrogen and oxygen atoms in total. The number of aliphatic imine (C=N–C) groups is 1. The minimum Gasteiger partial charge on any atom is -0.507 e. The van der Waals surface area contributed by atoms with E-state index in [1.165, 1.54) is 16.7 Å². The molecule has 0 radical (unpaired) electrons. The molecule has 0 saturated carbocycles. The minimum atomic E-state index is -0.183. The predicted molar refractivity (Wildman–Crippen MR) is 92.8 cm³/mol. The second kappa shape index (κ2) is 6.44. The molecule has 116 valence electrons. The van der Waals surface area contributed by atoms with E-state index in [0.717, 1.165) is 0 Å². The molecule has 1 N–H and O–H groups in total. The van der Waals surface area contributed by atoms with Gasteiger partial charge < -0.3 is 5.11 Å². The number of phenols is 1. The first kappa shape index (κ1) is 15.6. The maximum atomic E-state index is 12.3. The van der Waals surface area contributed by atoms with Crippen LogP contribution in [0.1, 0.15) is 5.56 Å². The van der Waals surface area contributed by atoms with Gasteiger partial charge in [0.2, 0.25) is 0 Å². The number of amidine groups is 1. The number of nitrogens with zero attached hydrogens (tertiary/aromatic N) is 3. The zero-order chi connectivity index (χ0) is 16.4. The Morgan fingerprint density at radius 3 is 2.83 bits per heavy atom. The van der Waals surface area contributed by atoms with Gasteiger partial charge in [0.25, 0.3) is 5.91 Å². The van der Waals surface area contributed by atoms with Crippen molar-refractivity contribution in [3.05, 3.63) is 58.2 Å². The molecule has 7 heteroatoms. The number of halogens is 1. The van der Waals surface area contributed by atoms with Crippen LogP contribution in [0, 0.1) is 0 Å². The van der Waals surface area contributed by atoms with Gasteiger partial charge in [-0.25, -0.2) is 9.98 Å². The molecule has 1 aromatic heterocycles. The van der Waals surface area contributed by atoms with Crippen molar-refractivity contribution in [1.29, 1.82) is 0 Å².